The summed E-state index contributed by atoms with van der Waals surface area (Å²) in [5, 5.41) is 0. The van der Waals surface area contributed by atoms with Crippen LogP contribution < -0.4 is 0 Å². The van der Waals surface area contributed by atoms with Crippen LogP contribution in [0.1, 0.15) is 129 Å². The number of unbranched alkanes of at least 4 members (excludes halogenated alkanes) is 9. The number of nitrogens with zero attached hydrogens (tertiary/aromatic N) is 1. The molecule has 0 N–H and O–H groups in total. The summed E-state index contributed by atoms with van der Waals surface area (Å²) in [7, 11) is 0. The number of rotatable bonds is 13. The molecule has 3 heteroatoms. The zero-order valence-electron chi connectivity index (χ0n) is 20.3. The van der Waals surface area contributed by atoms with E-state index in [1.807, 2.05) is 0 Å². The maximum absolute atomic E-state index is 13.0. The lowest BCUT2D eigenvalue weighted by molar-refractivity contribution is -0.117. The van der Waals surface area contributed by atoms with Gasteiger partial charge in [-0.2, -0.15) is 0 Å². The van der Waals surface area contributed by atoms with Crippen molar-refractivity contribution in [1.29, 1.82) is 0 Å². The summed E-state index contributed by atoms with van der Waals surface area (Å²) in [4.78, 5) is 28.4. The Bertz CT molecular complexity index is 643. The number of allylic oxidation sites excluding steroid dienone is 4. The lowest BCUT2D eigenvalue weighted by atomic mass is 9.72. The van der Waals surface area contributed by atoms with Crippen LogP contribution in [0.5, 0.6) is 0 Å². The van der Waals surface area contributed by atoms with E-state index >= 15 is 0 Å². The van der Waals surface area contributed by atoms with Crippen molar-refractivity contribution in [2.75, 3.05) is 6.54 Å². The van der Waals surface area contributed by atoms with Crippen LogP contribution in [-0.2, 0) is 9.59 Å². The first-order valence-corrected chi connectivity index (χ1v) is 13.5. The molecule has 0 aromatic rings. The molecule has 0 atom stereocenters. The van der Waals surface area contributed by atoms with Crippen LogP contribution >= 0.6 is 0 Å². The Morgan fingerprint density at radius 3 is 1.61 bits per heavy atom. The maximum atomic E-state index is 13.0. The molecule has 3 nitrogen and oxygen atoms in total. The van der Waals surface area contributed by atoms with Crippen LogP contribution in [0.25, 0.3) is 0 Å². The Balaban J connectivity index is 1.60. The van der Waals surface area contributed by atoms with E-state index in [1.165, 1.54) is 75.6 Å². The third-order valence-electron chi connectivity index (χ3n) is 7.52. The van der Waals surface area contributed by atoms with Crippen LogP contribution in [0.4, 0.5) is 0 Å². The van der Waals surface area contributed by atoms with Crippen LogP contribution in [0, 0.1) is 5.92 Å². The highest BCUT2D eigenvalue weighted by atomic mass is 16.1. The number of ketones is 2. The van der Waals surface area contributed by atoms with Crippen molar-refractivity contribution in [3.05, 3.63) is 22.5 Å². The van der Waals surface area contributed by atoms with Crippen molar-refractivity contribution >= 4 is 11.6 Å². The minimum atomic E-state index is 0.0829. The largest absolute Gasteiger partial charge is 0.348 e. The van der Waals surface area contributed by atoms with Gasteiger partial charge in [-0.25, -0.2) is 0 Å². The van der Waals surface area contributed by atoms with Crippen molar-refractivity contribution in [2.24, 2.45) is 5.92 Å². The van der Waals surface area contributed by atoms with E-state index in [4.69, 9.17) is 0 Å². The van der Waals surface area contributed by atoms with Gasteiger partial charge in [-0.15, -0.1) is 0 Å². The molecule has 174 valence electrons. The van der Waals surface area contributed by atoms with Crippen molar-refractivity contribution in [3.63, 3.8) is 0 Å². The molecule has 2 aliphatic carbocycles. The summed E-state index contributed by atoms with van der Waals surface area (Å²) in [6.07, 6.45) is 20.7. The van der Waals surface area contributed by atoms with Gasteiger partial charge in [0, 0.05) is 47.8 Å². The second-order valence-electron chi connectivity index (χ2n) is 9.95. The van der Waals surface area contributed by atoms with Crippen molar-refractivity contribution in [2.45, 2.75) is 129 Å². The second-order valence-corrected chi connectivity index (χ2v) is 9.95. The minimum Gasteiger partial charge on any atom is -0.348 e. The van der Waals surface area contributed by atoms with Gasteiger partial charge < -0.3 is 4.90 Å². The summed E-state index contributed by atoms with van der Waals surface area (Å²) in [5.74, 6) is 0.718. The van der Waals surface area contributed by atoms with Crippen LogP contribution in [0.3, 0.4) is 0 Å². The first-order valence-electron chi connectivity index (χ1n) is 13.5. The summed E-state index contributed by atoms with van der Waals surface area (Å²) >= 11 is 0. The molecular weight excluding hydrogens is 382 g/mol. The number of hydrogen-bond donors (Lipinski definition) is 0. The molecule has 0 radical (unpaired) electrons. The molecule has 0 bridgehead atoms. The van der Waals surface area contributed by atoms with E-state index < -0.39 is 0 Å². The highest BCUT2D eigenvalue weighted by Gasteiger charge is 2.41. The number of Topliss-reactive ketones (excluding diaryl/α,β-unsaturated/α-hetero) is 2. The number of hydrogen-bond acceptors (Lipinski definition) is 3. The smallest absolute Gasteiger partial charge is 0.161 e. The SMILES string of the molecule is CCCCCCCCCCCCN1C2=C(C(=O)CCC2)C(CCC)C2=C1CCCC2=O. The summed E-state index contributed by atoms with van der Waals surface area (Å²) in [5.41, 5.74) is 4.63. The minimum absolute atomic E-state index is 0.0829. The average molecular weight is 428 g/mol. The molecule has 0 saturated heterocycles. The van der Waals surface area contributed by atoms with Crippen molar-refractivity contribution < 1.29 is 9.59 Å². The van der Waals surface area contributed by atoms with Gasteiger partial charge in [0.1, 0.15) is 0 Å². The Hall–Kier alpha value is -1.38. The Kier molecular flexibility index (Phi) is 9.87. The topological polar surface area (TPSA) is 37.4 Å². The van der Waals surface area contributed by atoms with Gasteiger partial charge in [-0.1, -0.05) is 78.1 Å². The molecule has 3 rings (SSSR count). The molecule has 0 spiro atoms. The van der Waals surface area contributed by atoms with Crippen molar-refractivity contribution in [3.8, 4) is 0 Å². The third-order valence-corrected chi connectivity index (χ3v) is 7.52. The molecule has 0 aromatic carbocycles. The molecule has 31 heavy (non-hydrogen) atoms. The lowest BCUT2D eigenvalue weighted by Crippen LogP contribution is -2.40. The molecule has 0 saturated carbocycles. The molecule has 0 aromatic heterocycles. The van der Waals surface area contributed by atoms with Crippen molar-refractivity contribution in [1.82, 2.24) is 4.90 Å². The highest BCUT2D eigenvalue weighted by molar-refractivity contribution is 6.04. The fraction of sp³-hybridized carbons (Fsp3) is 0.786. The standard InChI is InChI=1S/C28H45NO2/c1-3-5-6-7-8-9-10-11-12-13-21-29-23-17-14-19-25(30)27(23)22(16-4-2)28-24(29)18-15-20-26(28)31/h22H,3-21H2,1-2H3. The monoisotopic (exact) mass is 427 g/mol. The fourth-order valence-corrected chi connectivity index (χ4v) is 5.96. The van der Waals surface area contributed by atoms with E-state index in [9.17, 15) is 9.59 Å². The average Bonchev–Trinajstić information content (AvgIpc) is 2.76. The summed E-state index contributed by atoms with van der Waals surface area (Å²) in [6, 6.07) is 0. The zero-order valence-corrected chi connectivity index (χ0v) is 20.3. The van der Waals surface area contributed by atoms with E-state index in [0.717, 1.165) is 56.2 Å². The van der Waals surface area contributed by atoms with Gasteiger partial charge in [0.2, 0.25) is 0 Å². The number of carbonyl (C=O) groups excluding carboxylic acids is 2. The molecule has 0 unspecified atom stereocenters. The van der Waals surface area contributed by atoms with Gasteiger partial charge >= 0.3 is 0 Å². The Morgan fingerprint density at radius 2 is 1.13 bits per heavy atom. The first kappa shape index (κ1) is 24.3. The second kappa shape index (κ2) is 12.6. The van der Waals surface area contributed by atoms with Crippen LogP contribution in [-0.4, -0.2) is 23.0 Å². The van der Waals surface area contributed by atoms with Gasteiger partial charge in [0.15, 0.2) is 11.6 Å². The molecule has 1 aliphatic heterocycles. The van der Waals surface area contributed by atoms with Gasteiger partial charge in [-0.05, 0) is 38.5 Å². The van der Waals surface area contributed by atoms with E-state index in [2.05, 4.69) is 18.7 Å². The van der Waals surface area contributed by atoms with Crippen LogP contribution in [0.2, 0.25) is 0 Å². The Morgan fingerprint density at radius 1 is 0.645 bits per heavy atom. The molecule has 0 amide bonds. The fourth-order valence-electron chi connectivity index (χ4n) is 5.96. The zero-order chi connectivity index (χ0) is 22.1. The third kappa shape index (κ3) is 6.11. The number of carbonyl (C=O) groups is 2. The van der Waals surface area contributed by atoms with Gasteiger partial charge in [0.25, 0.3) is 0 Å². The summed E-state index contributed by atoms with van der Waals surface area (Å²) < 4.78 is 0. The maximum Gasteiger partial charge on any atom is 0.161 e. The quantitative estimate of drug-likeness (QED) is 0.283. The molecular formula is C28H45NO2. The van der Waals surface area contributed by atoms with E-state index in [0.29, 0.717) is 24.4 Å². The van der Waals surface area contributed by atoms with Gasteiger partial charge in [0.05, 0.1) is 0 Å². The Labute approximate surface area is 190 Å². The van der Waals surface area contributed by atoms with Crippen LogP contribution in [0.15, 0.2) is 22.5 Å². The predicted octanol–water partition coefficient (Wildman–Crippen LogP) is 7.65. The normalized spacial score (nSPS) is 19.9. The highest BCUT2D eigenvalue weighted by Crippen LogP contribution is 2.46. The first-order chi connectivity index (χ1) is 15.2. The predicted molar refractivity (Wildman–Crippen MR) is 129 cm³/mol. The molecule has 3 aliphatic rings. The molecule has 0 fully saturated rings. The van der Waals surface area contributed by atoms with E-state index in [-0.39, 0.29) is 5.92 Å². The lowest BCUT2D eigenvalue weighted by Gasteiger charge is -2.44. The van der Waals surface area contributed by atoms with E-state index in [1.54, 1.807) is 0 Å². The summed E-state index contributed by atoms with van der Waals surface area (Å²) in [6.45, 7) is 5.45. The van der Waals surface area contributed by atoms with Gasteiger partial charge in [-0.3, -0.25) is 9.59 Å². The molecule has 1 heterocycles.